The van der Waals surface area contributed by atoms with Crippen LogP contribution >= 0.6 is 39.9 Å². The SMILES string of the molecule is CN=C(NCCc1ccco1)NC1CCN(c2ccc(Br)cc2)C1.I. The van der Waals surface area contributed by atoms with Crippen molar-refractivity contribution >= 4 is 51.6 Å². The number of hydrogen-bond donors (Lipinski definition) is 2. The number of nitrogens with zero attached hydrogens (tertiary/aromatic N) is 2. The molecule has 1 aliphatic heterocycles. The molecule has 7 heteroatoms. The second-order valence-corrected chi connectivity index (χ2v) is 6.80. The standard InChI is InChI=1S/C18H23BrN4O.HI/c1-20-18(21-10-8-17-3-2-12-24-17)22-15-9-11-23(13-15)16-6-4-14(19)5-7-16;/h2-7,12,15H,8-11,13H2,1H3,(H2,20,21,22);1H. The molecule has 0 spiro atoms. The van der Waals surface area contributed by atoms with E-state index in [1.807, 2.05) is 19.2 Å². The first-order valence-corrected chi connectivity index (χ1v) is 9.04. The van der Waals surface area contributed by atoms with Crippen molar-refractivity contribution in [1.29, 1.82) is 0 Å². The van der Waals surface area contributed by atoms with Crippen LogP contribution in [0.4, 0.5) is 5.69 Å². The molecule has 0 saturated carbocycles. The molecule has 2 N–H and O–H groups in total. The van der Waals surface area contributed by atoms with Gasteiger partial charge in [-0.1, -0.05) is 15.9 Å². The van der Waals surface area contributed by atoms with Gasteiger partial charge >= 0.3 is 0 Å². The maximum atomic E-state index is 5.34. The molecule has 5 nitrogen and oxygen atoms in total. The molecule has 1 fully saturated rings. The molecule has 1 unspecified atom stereocenters. The Labute approximate surface area is 174 Å². The lowest BCUT2D eigenvalue weighted by Crippen LogP contribution is -2.45. The number of furan rings is 1. The molecule has 3 rings (SSSR count). The zero-order valence-electron chi connectivity index (χ0n) is 14.2. The fourth-order valence-electron chi connectivity index (χ4n) is 2.91. The van der Waals surface area contributed by atoms with Gasteiger partial charge in [-0.3, -0.25) is 4.99 Å². The molecule has 136 valence electrons. The van der Waals surface area contributed by atoms with Crippen LogP contribution in [-0.4, -0.2) is 38.7 Å². The zero-order valence-corrected chi connectivity index (χ0v) is 18.2. The van der Waals surface area contributed by atoms with Crippen LogP contribution < -0.4 is 15.5 Å². The molecule has 2 heterocycles. The Morgan fingerprint density at radius 2 is 2.12 bits per heavy atom. The van der Waals surface area contributed by atoms with Crippen molar-refractivity contribution in [3.8, 4) is 0 Å². The summed E-state index contributed by atoms with van der Waals surface area (Å²) in [7, 11) is 1.81. The molecule has 0 aliphatic carbocycles. The third kappa shape index (κ3) is 5.91. The van der Waals surface area contributed by atoms with Crippen molar-refractivity contribution in [1.82, 2.24) is 10.6 Å². The largest absolute Gasteiger partial charge is 0.469 e. The highest BCUT2D eigenvalue weighted by molar-refractivity contribution is 14.0. The molecule has 0 amide bonds. The molecular weight excluding hydrogens is 495 g/mol. The van der Waals surface area contributed by atoms with Crippen LogP contribution in [-0.2, 0) is 6.42 Å². The number of rotatable bonds is 5. The molecule has 1 aromatic carbocycles. The first-order valence-electron chi connectivity index (χ1n) is 8.24. The minimum Gasteiger partial charge on any atom is -0.469 e. The van der Waals surface area contributed by atoms with E-state index in [-0.39, 0.29) is 24.0 Å². The molecule has 25 heavy (non-hydrogen) atoms. The monoisotopic (exact) mass is 518 g/mol. The zero-order chi connectivity index (χ0) is 16.8. The number of guanidine groups is 1. The van der Waals surface area contributed by atoms with Crippen LogP contribution in [0.25, 0.3) is 0 Å². The van der Waals surface area contributed by atoms with Crippen LogP contribution in [0, 0.1) is 0 Å². The summed E-state index contributed by atoms with van der Waals surface area (Å²) in [6, 6.07) is 12.8. The summed E-state index contributed by atoms with van der Waals surface area (Å²) < 4.78 is 6.46. The van der Waals surface area contributed by atoms with Crippen LogP contribution in [0.3, 0.4) is 0 Å². The molecule has 0 radical (unpaired) electrons. The average Bonchev–Trinajstić information content (AvgIpc) is 3.26. The first-order chi connectivity index (χ1) is 11.7. The van der Waals surface area contributed by atoms with Gasteiger partial charge in [-0.05, 0) is 42.8 Å². The van der Waals surface area contributed by atoms with Crippen molar-refractivity contribution in [2.24, 2.45) is 4.99 Å². The predicted octanol–water partition coefficient (Wildman–Crippen LogP) is 3.65. The Morgan fingerprint density at radius 1 is 1.32 bits per heavy atom. The number of halogens is 2. The Kier molecular flexibility index (Phi) is 8.08. The van der Waals surface area contributed by atoms with Gasteiger partial charge in [0.25, 0.3) is 0 Å². The van der Waals surface area contributed by atoms with Crippen molar-refractivity contribution in [2.75, 3.05) is 31.6 Å². The summed E-state index contributed by atoms with van der Waals surface area (Å²) in [5, 5.41) is 6.87. The van der Waals surface area contributed by atoms with Gasteiger partial charge in [0.2, 0.25) is 0 Å². The Morgan fingerprint density at radius 3 is 2.80 bits per heavy atom. The van der Waals surface area contributed by atoms with Crippen molar-refractivity contribution in [3.05, 3.63) is 52.9 Å². The van der Waals surface area contributed by atoms with Crippen LogP contribution in [0.5, 0.6) is 0 Å². The molecule has 0 bridgehead atoms. The topological polar surface area (TPSA) is 52.8 Å². The van der Waals surface area contributed by atoms with Crippen molar-refractivity contribution in [2.45, 2.75) is 18.9 Å². The quantitative estimate of drug-likeness (QED) is 0.360. The summed E-state index contributed by atoms with van der Waals surface area (Å²) in [6.07, 6.45) is 3.66. The molecule has 1 aromatic heterocycles. The highest BCUT2D eigenvalue weighted by atomic mass is 127. The number of anilines is 1. The van der Waals surface area contributed by atoms with Crippen molar-refractivity contribution in [3.63, 3.8) is 0 Å². The normalized spacial score (nSPS) is 17.3. The summed E-state index contributed by atoms with van der Waals surface area (Å²) in [5.74, 6) is 1.84. The van der Waals surface area contributed by atoms with Gasteiger partial charge in [0, 0.05) is 49.3 Å². The Hall–Kier alpha value is -1.22. The highest BCUT2D eigenvalue weighted by Crippen LogP contribution is 2.22. The lowest BCUT2D eigenvalue weighted by molar-refractivity contribution is 0.506. The van der Waals surface area contributed by atoms with E-state index in [9.17, 15) is 0 Å². The summed E-state index contributed by atoms with van der Waals surface area (Å²) in [4.78, 5) is 6.72. The first kappa shape index (κ1) is 20.1. The van der Waals surface area contributed by atoms with Gasteiger partial charge in [0.15, 0.2) is 5.96 Å². The minimum atomic E-state index is 0. The number of benzene rings is 1. The molecule has 1 saturated heterocycles. The fraction of sp³-hybridized carbons (Fsp3) is 0.389. The lowest BCUT2D eigenvalue weighted by atomic mass is 10.2. The van der Waals surface area contributed by atoms with E-state index in [0.717, 1.165) is 48.7 Å². The number of aliphatic imine (C=N–C) groups is 1. The predicted molar refractivity (Wildman–Crippen MR) is 117 cm³/mol. The van der Waals surface area contributed by atoms with E-state index in [2.05, 4.69) is 60.7 Å². The molecular formula is C18H24BrIN4O. The number of hydrogen-bond acceptors (Lipinski definition) is 3. The maximum Gasteiger partial charge on any atom is 0.191 e. The van der Waals surface area contributed by atoms with Gasteiger partial charge in [0.05, 0.1) is 6.26 Å². The van der Waals surface area contributed by atoms with E-state index in [4.69, 9.17) is 4.42 Å². The minimum absolute atomic E-state index is 0. The summed E-state index contributed by atoms with van der Waals surface area (Å²) >= 11 is 3.48. The highest BCUT2D eigenvalue weighted by Gasteiger charge is 2.23. The molecule has 1 aliphatic rings. The average molecular weight is 519 g/mol. The van der Waals surface area contributed by atoms with Gasteiger partial charge in [-0.15, -0.1) is 24.0 Å². The van der Waals surface area contributed by atoms with Crippen LogP contribution in [0.1, 0.15) is 12.2 Å². The summed E-state index contributed by atoms with van der Waals surface area (Å²) in [5.41, 5.74) is 1.27. The van der Waals surface area contributed by atoms with E-state index >= 15 is 0 Å². The van der Waals surface area contributed by atoms with Gasteiger partial charge in [-0.25, -0.2) is 0 Å². The third-order valence-corrected chi connectivity index (χ3v) is 4.72. The van der Waals surface area contributed by atoms with Crippen molar-refractivity contribution < 1.29 is 4.42 Å². The smallest absolute Gasteiger partial charge is 0.191 e. The van der Waals surface area contributed by atoms with Crippen LogP contribution in [0.15, 0.2) is 56.5 Å². The van der Waals surface area contributed by atoms with E-state index < -0.39 is 0 Å². The van der Waals surface area contributed by atoms with E-state index in [1.54, 1.807) is 6.26 Å². The molecule has 2 aromatic rings. The molecule has 1 atom stereocenters. The fourth-order valence-corrected chi connectivity index (χ4v) is 3.18. The van der Waals surface area contributed by atoms with Gasteiger partial charge in [0.1, 0.15) is 5.76 Å². The number of nitrogens with one attached hydrogen (secondary N) is 2. The van der Waals surface area contributed by atoms with E-state index in [1.165, 1.54) is 5.69 Å². The Balaban J connectivity index is 0.00000225. The van der Waals surface area contributed by atoms with E-state index in [0.29, 0.717) is 6.04 Å². The lowest BCUT2D eigenvalue weighted by Gasteiger charge is -2.20. The van der Waals surface area contributed by atoms with Crippen LogP contribution in [0.2, 0.25) is 0 Å². The maximum absolute atomic E-state index is 5.34. The Bertz CT molecular complexity index is 660. The van der Waals surface area contributed by atoms with Gasteiger partial charge < -0.3 is 20.0 Å². The second kappa shape index (κ2) is 10.1. The second-order valence-electron chi connectivity index (χ2n) is 5.88. The third-order valence-electron chi connectivity index (χ3n) is 4.19. The summed E-state index contributed by atoms with van der Waals surface area (Å²) in [6.45, 7) is 2.85. The van der Waals surface area contributed by atoms with Gasteiger partial charge in [-0.2, -0.15) is 0 Å².